The summed E-state index contributed by atoms with van der Waals surface area (Å²) in [6.45, 7) is 0.489. The number of halogens is 3. The highest BCUT2D eigenvalue weighted by molar-refractivity contribution is 14.1. The van der Waals surface area contributed by atoms with Gasteiger partial charge in [0, 0.05) is 4.47 Å². The van der Waals surface area contributed by atoms with Gasteiger partial charge in [-0.15, -0.1) is 0 Å². The molecule has 6 heteroatoms. The molecule has 0 unspecified atom stereocenters. The number of hydrogen-bond acceptors (Lipinski definition) is 3. The topological polar surface area (TPSA) is 56.8 Å². The molecule has 0 aromatic heterocycles. The Balaban J connectivity index is 1.83. The van der Waals surface area contributed by atoms with E-state index in [-0.39, 0.29) is 0 Å². The van der Waals surface area contributed by atoms with Gasteiger partial charge in [-0.25, -0.2) is 0 Å². The van der Waals surface area contributed by atoms with Crippen LogP contribution in [0.15, 0.2) is 65.1 Å². The van der Waals surface area contributed by atoms with Crippen molar-refractivity contribution in [2.24, 2.45) is 0 Å². The highest BCUT2D eigenvalue weighted by Gasteiger charge is 2.10. The third-order valence-corrected chi connectivity index (χ3v) is 6.20. The third kappa shape index (κ3) is 5.81. The van der Waals surface area contributed by atoms with Crippen LogP contribution in [0.5, 0.6) is 5.75 Å². The molecule has 0 spiro atoms. The molecule has 0 bridgehead atoms. The zero-order chi connectivity index (χ0) is 20.8. The van der Waals surface area contributed by atoms with Gasteiger partial charge in [0.2, 0.25) is 0 Å². The molecule has 3 nitrogen and oxygen atoms in total. The van der Waals surface area contributed by atoms with Gasteiger partial charge in [0.05, 0.1) is 30.4 Å². The minimum Gasteiger partial charge on any atom is -0.487 e. The smallest absolute Gasteiger partial charge is 0.146 e. The first-order valence-corrected chi connectivity index (χ1v) is 11.4. The van der Waals surface area contributed by atoms with Crippen LogP contribution in [-0.2, 0) is 6.61 Å². The SMILES string of the molecule is N#C/C(=C/c1cc(I)c(OCc2ccc(Br)cc2)c(I)c1)c1ccc(C#N)cc1. The second kappa shape index (κ2) is 10.2. The van der Waals surface area contributed by atoms with E-state index in [0.29, 0.717) is 17.7 Å². The van der Waals surface area contributed by atoms with Crippen LogP contribution in [0.3, 0.4) is 0 Å². The largest absolute Gasteiger partial charge is 0.487 e. The summed E-state index contributed by atoms with van der Waals surface area (Å²) in [6, 6.07) is 23.4. The van der Waals surface area contributed by atoms with E-state index >= 15 is 0 Å². The van der Waals surface area contributed by atoms with E-state index in [0.717, 1.165) is 34.1 Å². The van der Waals surface area contributed by atoms with Crippen LogP contribution >= 0.6 is 61.1 Å². The van der Waals surface area contributed by atoms with Crippen molar-refractivity contribution in [2.45, 2.75) is 6.61 Å². The fourth-order valence-corrected chi connectivity index (χ4v) is 5.00. The summed E-state index contributed by atoms with van der Waals surface area (Å²) >= 11 is 7.95. The standard InChI is InChI=1S/C23H13BrI2N2O/c24-20-7-3-16(4-8-20)14-29-23-21(25)10-17(11-22(23)26)9-19(13-28)18-5-1-15(12-27)2-6-18/h1-11H,14H2/b19-9-. The van der Waals surface area contributed by atoms with Crippen molar-refractivity contribution in [1.82, 2.24) is 0 Å². The van der Waals surface area contributed by atoms with Gasteiger partial charge in [-0.1, -0.05) is 40.2 Å². The van der Waals surface area contributed by atoms with Gasteiger partial charge in [0.15, 0.2) is 0 Å². The molecule has 0 amide bonds. The Bertz CT molecular complexity index is 1120. The van der Waals surface area contributed by atoms with Gasteiger partial charge in [0.25, 0.3) is 0 Å². The first kappa shape index (κ1) is 21.8. The molecule has 3 aromatic carbocycles. The fraction of sp³-hybridized carbons (Fsp3) is 0.0435. The van der Waals surface area contributed by atoms with Crippen LogP contribution in [0.25, 0.3) is 11.6 Å². The van der Waals surface area contributed by atoms with Crippen molar-refractivity contribution in [3.05, 3.63) is 94.5 Å². The first-order chi connectivity index (χ1) is 14.0. The number of benzene rings is 3. The maximum absolute atomic E-state index is 9.58. The van der Waals surface area contributed by atoms with E-state index in [1.165, 1.54) is 0 Å². The highest BCUT2D eigenvalue weighted by atomic mass is 127. The molecule has 0 N–H and O–H groups in total. The molecule has 0 saturated heterocycles. The van der Waals surface area contributed by atoms with E-state index in [4.69, 9.17) is 10.00 Å². The Kier molecular flexibility index (Phi) is 7.70. The summed E-state index contributed by atoms with van der Waals surface area (Å²) in [5.41, 5.74) is 3.92. The number of allylic oxidation sites excluding steroid dienone is 1. The quantitative estimate of drug-likeness (QED) is 0.165. The highest BCUT2D eigenvalue weighted by Crippen LogP contribution is 2.31. The van der Waals surface area contributed by atoms with Gasteiger partial charge >= 0.3 is 0 Å². The molecule has 142 valence electrons. The van der Waals surface area contributed by atoms with Crippen LogP contribution in [0.1, 0.15) is 22.3 Å². The molecule has 29 heavy (non-hydrogen) atoms. The zero-order valence-electron chi connectivity index (χ0n) is 15.0. The predicted molar refractivity (Wildman–Crippen MR) is 135 cm³/mol. The number of hydrogen-bond donors (Lipinski definition) is 0. The molecule has 3 aromatic rings. The third-order valence-electron chi connectivity index (χ3n) is 4.07. The lowest BCUT2D eigenvalue weighted by Gasteiger charge is -2.12. The van der Waals surface area contributed by atoms with Crippen molar-refractivity contribution >= 4 is 72.8 Å². The Morgan fingerprint density at radius 3 is 2.14 bits per heavy atom. The van der Waals surface area contributed by atoms with E-state index < -0.39 is 0 Å². The van der Waals surface area contributed by atoms with Gasteiger partial charge in [-0.05, 0) is 104 Å². The second-order valence-electron chi connectivity index (χ2n) is 6.09. The fourth-order valence-electron chi connectivity index (χ4n) is 2.61. The lowest BCUT2D eigenvalue weighted by molar-refractivity contribution is 0.301. The Morgan fingerprint density at radius 2 is 1.59 bits per heavy atom. The van der Waals surface area contributed by atoms with Crippen molar-refractivity contribution in [2.75, 3.05) is 0 Å². The molecular formula is C23H13BrI2N2O. The average Bonchev–Trinajstić information content (AvgIpc) is 2.73. The maximum atomic E-state index is 9.58. The van der Waals surface area contributed by atoms with Crippen LogP contribution in [-0.4, -0.2) is 0 Å². The Labute approximate surface area is 205 Å². The molecule has 0 saturated carbocycles. The lowest BCUT2D eigenvalue weighted by Crippen LogP contribution is -1.99. The Morgan fingerprint density at radius 1 is 0.966 bits per heavy atom. The number of rotatable bonds is 5. The van der Waals surface area contributed by atoms with Gasteiger partial charge in [-0.3, -0.25) is 0 Å². The molecular weight excluding hydrogens is 654 g/mol. The summed E-state index contributed by atoms with van der Waals surface area (Å²) in [5, 5.41) is 18.5. The number of ether oxygens (including phenoxy) is 1. The molecule has 0 radical (unpaired) electrons. The van der Waals surface area contributed by atoms with Crippen LogP contribution in [0.4, 0.5) is 0 Å². The van der Waals surface area contributed by atoms with Gasteiger partial charge < -0.3 is 4.74 Å². The van der Waals surface area contributed by atoms with Gasteiger partial charge in [-0.2, -0.15) is 10.5 Å². The second-order valence-corrected chi connectivity index (χ2v) is 9.33. The minimum atomic E-state index is 0.489. The molecule has 3 rings (SSSR count). The van der Waals surface area contributed by atoms with Crippen LogP contribution < -0.4 is 4.74 Å². The molecule has 0 atom stereocenters. The molecule has 0 aliphatic rings. The average molecular weight is 667 g/mol. The molecule has 0 aliphatic heterocycles. The molecule has 0 aliphatic carbocycles. The van der Waals surface area contributed by atoms with Crippen molar-refractivity contribution < 1.29 is 4.74 Å². The van der Waals surface area contributed by atoms with Gasteiger partial charge in [0.1, 0.15) is 12.4 Å². The summed E-state index contributed by atoms with van der Waals surface area (Å²) in [5.74, 6) is 0.836. The zero-order valence-corrected chi connectivity index (χ0v) is 20.9. The summed E-state index contributed by atoms with van der Waals surface area (Å²) in [7, 11) is 0. The van der Waals surface area contributed by atoms with Crippen LogP contribution in [0.2, 0.25) is 0 Å². The first-order valence-electron chi connectivity index (χ1n) is 8.49. The number of nitriles is 2. The minimum absolute atomic E-state index is 0.489. The molecule has 0 fully saturated rings. The van der Waals surface area contributed by atoms with E-state index in [1.807, 2.05) is 42.5 Å². The van der Waals surface area contributed by atoms with E-state index in [2.05, 4.69) is 73.3 Å². The summed E-state index contributed by atoms with van der Waals surface area (Å²) in [4.78, 5) is 0. The monoisotopic (exact) mass is 666 g/mol. The van der Waals surface area contributed by atoms with Crippen molar-refractivity contribution in [3.63, 3.8) is 0 Å². The lowest BCUT2D eigenvalue weighted by atomic mass is 10.0. The predicted octanol–water partition coefficient (Wildman–Crippen LogP) is 7.17. The maximum Gasteiger partial charge on any atom is 0.146 e. The number of nitrogens with zero attached hydrogens (tertiary/aromatic N) is 2. The summed E-state index contributed by atoms with van der Waals surface area (Å²) in [6.07, 6.45) is 1.85. The van der Waals surface area contributed by atoms with Crippen LogP contribution in [0, 0.1) is 29.8 Å². The van der Waals surface area contributed by atoms with Crippen molar-refractivity contribution in [3.8, 4) is 17.9 Å². The van der Waals surface area contributed by atoms with E-state index in [9.17, 15) is 5.26 Å². The van der Waals surface area contributed by atoms with Crippen molar-refractivity contribution in [1.29, 1.82) is 10.5 Å². The normalized spacial score (nSPS) is 10.9. The summed E-state index contributed by atoms with van der Waals surface area (Å²) < 4.78 is 9.05. The Hall–Kier alpha value is -1.88. The van der Waals surface area contributed by atoms with E-state index in [1.54, 1.807) is 24.3 Å². The molecule has 0 heterocycles.